The zero-order chi connectivity index (χ0) is 17.4. The Morgan fingerprint density at radius 1 is 1.29 bits per heavy atom. The van der Waals surface area contributed by atoms with Crippen molar-refractivity contribution in [2.45, 2.75) is 33.7 Å². The predicted octanol–water partition coefficient (Wildman–Crippen LogP) is 3.80. The van der Waals surface area contributed by atoms with E-state index >= 15 is 0 Å². The first-order valence-electron chi connectivity index (χ1n) is 7.91. The molecular formula is C17H18N2O3S2. The molecule has 7 heteroatoms. The largest absolute Gasteiger partial charge is 0.462 e. The monoisotopic (exact) mass is 362 g/mol. The average Bonchev–Trinajstić information content (AvgIpc) is 2.88. The molecule has 0 aromatic carbocycles. The zero-order valence-corrected chi connectivity index (χ0v) is 15.4. The minimum Gasteiger partial charge on any atom is -0.462 e. The van der Waals surface area contributed by atoms with E-state index in [1.54, 1.807) is 15.9 Å². The number of hydrogen-bond donors (Lipinski definition) is 0. The summed E-state index contributed by atoms with van der Waals surface area (Å²) in [4.78, 5) is 25.4. The van der Waals surface area contributed by atoms with Gasteiger partial charge in [0.25, 0.3) is 5.56 Å². The fraction of sp³-hybridized carbons (Fsp3) is 0.353. The number of pyridine rings is 1. The van der Waals surface area contributed by atoms with E-state index in [9.17, 15) is 9.59 Å². The molecule has 0 unspecified atom stereocenters. The smallest absolute Gasteiger partial charge is 0.341 e. The van der Waals surface area contributed by atoms with Gasteiger partial charge in [0.1, 0.15) is 11.1 Å². The van der Waals surface area contributed by atoms with Crippen LogP contribution < -0.4 is 5.56 Å². The maximum atomic E-state index is 12.9. The third-order valence-electron chi connectivity index (χ3n) is 4.01. The lowest BCUT2D eigenvalue weighted by Gasteiger charge is -2.03. The van der Waals surface area contributed by atoms with Crippen LogP contribution in [0.15, 0.2) is 23.1 Å². The van der Waals surface area contributed by atoms with E-state index in [1.807, 2.05) is 32.2 Å². The molecule has 3 aromatic rings. The molecule has 24 heavy (non-hydrogen) atoms. The average molecular weight is 362 g/mol. The second-order valence-corrected chi connectivity index (χ2v) is 6.98. The van der Waals surface area contributed by atoms with Crippen LogP contribution in [0.1, 0.15) is 36.7 Å². The Kier molecular flexibility index (Phi) is 4.56. The topological polar surface area (TPSA) is 52.7 Å². The predicted molar refractivity (Wildman–Crippen MR) is 98.9 cm³/mol. The molecule has 126 valence electrons. The van der Waals surface area contributed by atoms with E-state index in [0.717, 1.165) is 12.0 Å². The molecule has 0 saturated carbocycles. The lowest BCUT2D eigenvalue weighted by Crippen LogP contribution is -2.20. The van der Waals surface area contributed by atoms with Crippen LogP contribution in [0.5, 0.6) is 0 Å². The van der Waals surface area contributed by atoms with Crippen LogP contribution in [0, 0.1) is 3.95 Å². The van der Waals surface area contributed by atoms with Gasteiger partial charge in [-0.15, -0.1) is 11.3 Å². The maximum absolute atomic E-state index is 12.9. The molecule has 0 aliphatic heterocycles. The number of aryl methyl sites for hydroxylation is 1. The summed E-state index contributed by atoms with van der Waals surface area (Å²) < 4.78 is 9.63. The normalized spacial score (nSPS) is 11.3. The van der Waals surface area contributed by atoms with E-state index in [-0.39, 0.29) is 12.2 Å². The summed E-state index contributed by atoms with van der Waals surface area (Å²) >= 11 is 6.63. The SMILES string of the molecule is CCOC(=O)c1c2sc(=S)n(CC)c(=O)c2n2cc(CC)ccc12. The van der Waals surface area contributed by atoms with Crippen LogP contribution in [0.25, 0.3) is 15.7 Å². The Hall–Kier alpha value is -1.99. The van der Waals surface area contributed by atoms with Gasteiger partial charge in [-0.2, -0.15) is 0 Å². The van der Waals surface area contributed by atoms with Crippen LogP contribution >= 0.6 is 23.6 Å². The van der Waals surface area contributed by atoms with Gasteiger partial charge in [-0.05, 0) is 44.1 Å². The number of carbonyl (C=O) groups excluding carboxylic acids is 1. The lowest BCUT2D eigenvalue weighted by atomic mass is 10.2. The minimum absolute atomic E-state index is 0.171. The number of aromatic nitrogens is 2. The van der Waals surface area contributed by atoms with Crippen LogP contribution in [0.2, 0.25) is 0 Å². The lowest BCUT2D eigenvalue weighted by molar-refractivity contribution is 0.0531. The molecule has 0 aliphatic rings. The molecule has 0 N–H and O–H groups in total. The number of ether oxygens (including phenoxy) is 1. The Labute approximate surface area is 148 Å². The van der Waals surface area contributed by atoms with Crippen molar-refractivity contribution in [2.24, 2.45) is 0 Å². The molecule has 3 heterocycles. The first-order valence-corrected chi connectivity index (χ1v) is 9.13. The van der Waals surface area contributed by atoms with Gasteiger partial charge in [0, 0.05) is 12.7 Å². The Balaban J connectivity index is 2.55. The van der Waals surface area contributed by atoms with Crippen LogP contribution in [0.3, 0.4) is 0 Å². The summed E-state index contributed by atoms with van der Waals surface area (Å²) in [7, 11) is 0. The number of carbonyl (C=O) groups is 1. The standard InChI is InChI=1S/C17H18N2O3S2/c1-4-10-7-8-11-12(16(21)22-6-3)14-13(19(11)9-10)15(20)18(5-2)17(23)24-14/h7-9H,4-6H2,1-3H3. The minimum atomic E-state index is -0.423. The second-order valence-electron chi connectivity index (χ2n) is 5.34. The highest BCUT2D eigenvalue weighted by Crippen LogP contribution is 2.29. The van der Waals surface area contributed by atoms with E-state index in [1.165, 1.54) is 11.3 Å². The van der Waals surface area contributed by atoms with Crippen molar-refractivity contribution in [3.8, 4) is 0 Å². The molecule has 0 atom stereocenters. The van der Waals surface area contributed by atoms with Gasteiger partial charge < -0.3 is 9.14 Å². The first-order chi connectivity index (χ1) is 11.5. The fourth-order valence-corrected chi connectivity index (χ4v) is 4.34. The first kappa shape index (κ1) is 16.9. The van der Waals surface area contributed by atoms with Crippen LogP contribution in [-0.2, 0) is 17.7 Å². The number of hydrogen-bond acceptors (Lipinski definition) is 5. The van der Waals surface area contributed by atoms with Gasteiger partial charge in [-0.3, -0.25) is 9.36 Å². The van der Waals surface area contributed by atoms with Gasteiger partial charge in [0.15, 0.2) is 3.95 Å². The molecule has 5 nitrogen and oxygen atoms in total. The molecule has 0 bridgehead atoms. The molecular weight excluding hydrogens is 344 g/mol. The quantitative estimate of drug-likeness (QED) is 0.523. The van der Waals surface area contributed by atoms with E-state index in [4.69, 9.17) is 17.0 Å². The second kappa shape index (κ2) is 6.49. The molecule has 0 spiro atoms. The van der Waals surface area contributed by atoms with Crippen molar-refractivity contribution >= 4 is 45.3 Å². The van der Waals surface area contributed by atoms with Crippen LogP contribution in [0.4, 0.5) is 0 Å². The summed E-state index contributed by atoms with van der Waals surface area (Å²) in [6.07, 6.45) is 2.76. The molecule has 3 rings (SSSR count). The zero-order valence-electron chi connectivity index (χ0n) is 13.8. The van der Waals surface area contributed by atoms with Gasteiger partial charge in [-0.1, -0.05) is 13.0 Å². The van der Waals surface area contributed by atoms with Crippen molar-refractivity contribution in [1.82, 2.24) is 8.97 Å². The summed E-state index contributed by atoms with van der Waals surface area (Å²) in [5.74, 6) is -0.423. The number of rotatable bonds is 4. The summed E-state index contributed by atoms with van der Waals surface area (Å²) in [5.41, 5.74) is 2.51. The fourth-order valence-electron chi connectivity index (χ4n) is 2.81. The van der Waals surface area contributed by atoms with Gasteiger partial charge in [-0.25, -0.2) is 4.79 Å². The van der Waals surface area contributed by atoms with Gasteiger partial charge in [0.2, 0.25) is 0 Å². The van der Waals surface area contributed by atoms with Crippen LogP contribution in [-0.4, -0.2) is 21.5 Å². The third-order valence-corrected chi connectivity index (χ3v) is 5.48. The highest BCUT2D eigenvalue weighted by atomic mass is 32.1. The summed E-state index contributed by atoms with van der Waals surface area (Å²) in [6.45, 7) is 6.48. The third kappa shape index (κ3) is 2.48. The van der Waals surface area contributed by atoms with Crippen molar-refractivity contribution in [3.63, 3.8) is 0 Å². The number of esters is 1. The van der Waals surface area contributed by atoms with Crippen molar-refractivity contribution < 1.29 is 9.53 Å². The highest BCUT2D eigenvalue weighted by molar-refractivity contribution is 7.73. The summed E-state index contributed by atoms with van der Waals surface area (Å²) in [6, 6.07) is 3.84. The van der Waals surface area contributed by atoms with E-state index in [0.29, 0.717) is 31.8 Å². The molecule has 0 aliphatic carbocycles. The van der Waals surface area contributed by atoms with Gasteiger partial charge >= 0.3 is 5.97 Å². The van der Waals surface area contributed by atoms with Crippen molar-refractivity contribution in [1.29, 1.82) is 0 Å². The molecule has 0 amide bonds. The number of nitrogens with zero attached hydrogens (tertiary/aromatic N) is 2. The number of fused-ring (bicyclic) bond motifs is 3. The van der Waals surface area contributed by atoms with E-state index in [2.05, 4.69) is 0 Å². The molecule has 0 fully saturated rings. The van der Waals surface area contributed by atoms with Crippen molar-refractivity contribution in [2.75, 3.05) is 6.61 Å². The highest BCUT2D eigenvalue weighted by Gasteiger charge is 2.23. The van der Waals surface area contributed by atoms with Crippen molar-refractivity contribution in [3.05, 3.63) is 43.8 Å². The Morgan fingerprint density at radius 3 is 2.67 bits per heavy atom. The van der Waals surface area contributed by atoms with E-state index < -0.39 is 5.97 Å². The Morgan fingerprint density at radius 2 is 2.04 bits per heavy atom. The summed E-state index contributed by atoms with van der Waals surface area (Å²) in [5, 5.41) is 0. The maximum Gasteiger partial charge on any atom is 0.341 e. The molecule has 0 radical (unpaired) electrons. The molecule has 3 aromatic heterocycles. The van der Waals surface area contributed by atoms with Gasteiger partial charge in [0.05, 0.1) is 16.8 Å². The Bertz CT molecular complexity index is 1060. The molecule has 0 saturated heterocycles.